The molecule has 0 aliphatic heterocycles. The van der Waals surface area contributed by atoms with Gasteiger partial charge in [0.25, 0.3) is 11.5 Å². The fraction of sp³-hybridized carbons (Fsp3) is 0.308. The fourth-order valence-corrected chi connectivity index (χ4v) is 1.61. The lowest BCUT2D eigenvalue weighted by Gasteiger charge is -2.07. The highest BCUT2D eigenvalue weighted by Gasteiger charge is 2.07. The van der Waals surface area contributed by atoms with E-state index in [0.29, 0.717) is 18.7 Å². The lowest BCUT2D eigenvalue weighted by atomic mass is 10.4. The van der Waals surface area contributed by atoms with Crippen LogP contribution in [0.4, 0.5) is 0 Å². The molecule has 0 radical (unpaired) electrons. The van der Waals surface area contributed by atoms with E-state index in [1.165, 1.54) is 29.5 Å². The van der Waals surface area contributed by atoms with E-state index >= 15 is 0 Å². The molecule has 7 nitrogen and oxygen atoms in total. The lowest BCUT2D eigenvalue weighted by Crippen LogP contribution is -2.32. The Morgan fingerprint density at radius 3 is 2.75 bits per heavy atom. The zero-order valence-corrected chi connectivity index (χ0v) is 11.3. The summed E-state index contributed by atoms with van der Waals surface area (Å²) in [5.41, 5.74) is 1.47. The third kappa shape index (κ3) is 3.25. The van der Waals surface area contributed by atoms with Crippen LogP contribution in [0.3, 0.4) is 0 Å². The Kier molecular flexibility index (Phi) is 4.19. The molecule has 2 rings (SSSR count). The average molecular weight is 273 g/mol. The number of rotatable bonds is 4. The Morgan fingerprint density at radius 2 is 2.05 bits per heavy atom. The van der Waals surface area contributed by atoms with Crippen molar-refractivity contribution in [2.75, 3.05) is 6.54 Å². The number of carbonyl (C=O) groups is 1. The van der Waals surface area contributed by atoms with Crippen molar-refractivity contribution in [3.63, 3.8) is 0 Å². The molecular weight excluding hydrogens is 258 g/mol. The molecule has 0 fully saturated rings. The second kappa shape index (κ2) is 6.05. The zero-order chi connectivity index (χ0) is 14.5. The van der Waals surface area contributed by atoms with Crippen molar-refractivity contribution in [1.29, 1.82) is 0 Å². The van der Waals surface area contributed by atoms with Crippen molar-refractivity contribution in [3.8, 4) is 0 Å². The van der Waals surface area contributed by atoms with Crippen LogP contribution in [-0.2, 0) is 6.54 Å². The molecule has 2 heterocycles. The number of nitrogens with zero attached hydrogens (tertiary/aromatic N) is 4. The summed E-state index contributed by atoms with van der Waals surface area (Å²) >= 11 is 0. The van der Waals surface area contributed by atoms with E-state index in [1.54, 1.807) is 13.8 Å². The maximum atomic E-state index is 11.8. The minimum Gasteiger partial charge on any atom is -0.349 e. The van der Waals surface area contributed by atoms with Gasteiger partial charge in [-0.1, -0.05) is 0 Å². The van der Waals surface area contributed by atoms with E-state index in [-0.39, 0.29) is 17.2 Å². The maximum absolute atomic E-state index is 11.8. The molecule has 2 aromatic heterocycles. The van der Waals surface area contributed by atoms with Crippen molar-refractivity contribution in [2.45, 2.75) is 20.4 Å². The molecule has 2 aromatic rings. The van der Waals surface area contributed by atoms with Gasteiger partial charge in [-0.25, -0.2) is 9.97 Å². The number of hydrogen-bond acceptors (Lipinski definition) is 5. The molecule has 0 aromatic carbocycles. The minimum absolute atomic E-state index is 0.107. The van der Waals surface area contributed by atoms with E-state index < -0.39 is 0 Å². The molecule has 0 aliphatic rings. The molecule has 1 N–H and O–H groups in total. The van der Waals surface area contributed by atoms with Crippen molar-refractivity contribution in [2.24, 2.45) is 0 Å². The second-order valence-corrected chi connectivity index (χ2v) is 4.37. The van der Waals surface area contributed by atoms with Gasteiger partial charge in [-0.3, -0.25) is 19.1 Å². The van der Waals surface area contributed by atoms with Gasteiger partial charge in [-0.05, 0) is 13.8 Å². The summed E-state index contributed by atoms with van der Waals surface area (Å²) in [4.78, 5) is 35.4. The highest BCUT2D eigenvalue weighted by molar-refractivity contribution is 5.91. The molecular formula is C13H15N5O2. The van der Waals surface area contributed by atoms with Gasteiger partial charge in [-0.2, -0.15) is 0 Å². The van der Waals surface area contributed by atoms with Crippen molar-refractivity contribution in [1.82, 2.24) is 24.8 Å². The molecule has 0 aliphatic carbocycles. The topological polar surface area (TPSA) is 89.8 Å². The Labute approximate surface area is 115 Å². The van der Waals surface area contributed by atoms with Gasteiger partial charge in [0.2, 0.25) is 0 Å². The van der Waals surface area contributed by atoms with E-state index in [1.807, 2.05) is 0 Å². The first-order chi connectivity index (χ1) is 9.58. The molecule has 7 heteroatoms. The van der Waals surface area contributed by atoms with Gasteiger partial charge >= 0.3 is 0 Å². The number of nitrogens with one attached hydrogen (secondary N) is 1. The van der Waals surface area contributed by atoms with Gasteiger partial charge in [0.05, 0.1) is 18.2 Å². The van der Waals surface area contributed by atoms with E-state index in [4.69, 9.17) is 0 Å². The van der Waals surface area contributed by atoms with Gasteiger partial charge in [0.15, 0.2) is 0 Å². The lowest BCUT2D eigenvalue weighted by molar-refractivity contribution is 0.0946. The molecule has 20 heavy (non-hydrogen) atoms. The van der Waals surface area contributed by atoms with Gasteiger partial charge in [0, 0.05) is 31.0 Å². The summed E-state index contributed by atoms with van der Waals surface area (Å²) in [5.74, 6) is -0.314. The summed E-state index contributed by atoms with van der Waals surface area (Å²) in [6.45, 7) is 4.18. The Hall–Kier alpha value is -2.57. The molecule has 0 atom stereocenters. The van der Waals surface area contributed by atoms with Crippen LogP contribution in [0.2, 0.25) is 0 Å². The number of carbonyl (C=O) groups excluding carboxylic acids is 1. The molecule has 0 saturated heterocycles. The highest BCUT2D eigenvalue weighted by atomic mass is 16.2. The largest absolute Gasteiger partial charge is 0.349 e. The Balaban J connectivity index is 1.93. The van der Waals surface area contributed by atoms with Crippen LogP contribution >= 0.6 is 0 Å². The monoisotopic (exact) mass is 273 g/mol. The molecule has 0 spiro atoms. The SMILES string of the molecule is Cc1cnc(C(=O)NCCn2cncc(C)c2=O)cn1. The van der Waals surface area contributed by atoms with Crippen molar-refractivity contribution in [3.05, 3.63) is 52.2 Å². The normalized spacial score (nSPS) is 10.3. The standard InChI is InChI=1S/C13H15N5O2/c1-9-5-14-8-18(13(9)20)4-3-15-12(19)11-7-16-10(2)6-17-11/h5-8H,3-4H2,1-2H3,(H,15,19). The average Bonchev–Trinajstić information content (AvgIpc) is 2.44. The van der Waals surface area contributed by atoms with Gasteiger partial charge in [-0.15, -0.1) is 0 Å². The van der Waals surface area contributed by atoms with Crippen LogP contribution in [0.5, 0.6) is 0 Å². The zero-order valence-electron chi connectivity index (χ0n) is 11.3. The summed E-state index contributed by atoms with van der Waals surface area (Å²) < 4.78 is 1.45. The van der Waals surface area contributed by atoms with Crippen LogP contribution in [0.15, 0.2) is 29.7 Å². The smallest absolute Gasteiger partial charge is 0.271 e. The first kappa shape index (κ1) is 13.9. The first-order valence-corrected chi connectivity index (χ1v) is 6.16. The van der Waals surface area contributed by atoms with E-state index in [0.717, 1.165) is 5.69 Å². The quantitative estimate of drug-likeness (QED) is 0.852. The predicted octanol–water partition coefficient (Wildman–Crippen LogP) is 0.0801. The second-order valence-electron chi connectivity index (χ2n) is 4.37. The van der Waals surface area contributed by atoms with Crippen LogP contribution in [0.1, 0.15) is 21.7 Å². The predicted molar refractivity (Wildman–Crippen MR) is 72.3 cm³/mol. The first-order valence-electron chi connectivity index (χ1n) is 6.16. The van der Waals surface area contributed by atoms with Crippen LogP contribution < -0.4 is 10.9 Å². The van der Waals surface area contributed by atoms with Crippen LogP contribution in [0, 0.1) is 13.8 Å². The Morgan fingerprint density at radius 1 is 1.25 bits per heavy atom. The Bertz CT molecular complexity index is 663. The van der Waals surface area contributed by atoms with Gasteiger partial charge in [0.1, 0.15) is 5.69 Å². The van der Waals surface area contributed by atoms with Crippen LogP contribution in [0.25, 0.3) is 0 Å². The summed E-state index contributed by atoms with van der Waals surface area (Å²) in [5, 5.41) is 2.68. The van der Waals surface area contributed by atoms with Crippen LogP contribution in [-0.4, -0.2) is 32.0 Å². The molecule has 104 valence electrons. The highest BCUT2D eigenvalue weighted by Crippen LogP contribution is 1.93. The third-order valence-electron chi connectivity index (χ3n) is 2.72. The number of hydrogen-bond donors (Lipinski definition) is 1. The van der Waals surface area contributed by atoms with Crippen molar-refractivity contribution < 1.29 is 4.79 Å². The number of aromatic nitrogens is 4. The molecule has 0 bridgehead atoms. The van der Waals surface area contributed by atoms with Crippen molar-refractivity contribution >= 4 is 5.91 Å². The van der Waals surface area contributed by atoms with E-state index in [2.05, 4.69) is 20.3 Å². The number of aryl methyl sites for hydroxylation is 2. The third-order valence-corrected chi connectivity index (χ3v) is 2.72. The molecule has 1 amide bonds. The maximum Gasteiger partial charge on any atom is 0.271 e. The van der Waals surface area contributed by atoms with Gasteiger partial charge < -0.3 is 5.32 Å². The summed E-state index contributed by atoms with van der Waals surface area (Å²) in [6, 6.07) is 0. The molecule has 0 saturated carbocycles. The fourth-order valence-electron chi connectivity index (χ4n) is 1.61. The minimum atomic E-state index is -0.314. The van der Waals surface area contributed by atoms with E-state index in [9.17, 15) is 9.59 Å². The summed E-state index contributed by atoms with van der Waals surface area (Å²) in [7, 11) is 0. The number of amides is 1. The molecule has 0 unspecified atom stereocenters. The summed E-state index contributed by atoms with van der Waals surface area (Å²) in [6.07, 6.45) is 5.92.